The fourth-order valence-corrected chi connectivity index (χ4v) is 4.44. The summed E-state index contributed by atoms with van der Waals surface area (Å²) in [6, 6.07) is 14.9. The highest BCUT2D eigenvalue weighted by Crippen LogP contribution is 2.42. The fraction of sp³-hybridized carbons (Fsp3) is 0. The first kappa shape index (κ1) is 16.6. The van der Waals surface area contributed by atoms with Crippen molar-refractivity contribution in [3.8, 4) is 0 Å². The van der Waals surface area contributed by atoms with E-state index < -0.39 is 0 Å². The summed E-state index contributed by atoms with van der Waals surface area (Å²) in [5, 5.41) is 5.14. The van der Waals surface area contributed by atoms with E-state index in [0.29, 0.717) is 11.4 Å². The standard InChI is InChI=1S/C24H12N2O4/c27-19-9-10-20(28)25(19)17-8-4-14-2-6-16-18(26-21(29)11-12-22(26)30)7-3-13-1-5-15(17)24(14)23(13)16/h1-12H. The molecule has 4 aromatic carbocycles. The maximum atomic E-state index is 12.3. The van der Waals surface area contributed by atoms with Crippen molar-refractivity contribution in [2.24, 2.45) is 0 Å². The van der Waals surface area contributed by atoms with Gasteiger partial charge in [-0.15, -0.1) is 0 Å². The average molecular weight is 392 g/mol. The van der Waals surface area contributed by atoms with E-state index in [9.17, 15) is 19.2 Å². The number of benzene rings is 4. The maximum absolute atomic E-state index is 12.3. The van der Waals surface area contributed by atoms with Crippen molar-refractivity contribution < 1.29 is 19.2 Å². The smallest absolute Gasteiger partial charge is 0.258 e. The minimum Gasteiger partial charge on any atom is -0.269 e. The number of hydrogen-bond donors (Lipinski definition) is 0. The molecule has 142 valence electrons. The number of carbonyl (C=O) groups is 4. The largest absolute Gasteiger partial charge is 0.269 e. The zero-order valence-electron chi connectivity index (χ0n) is 15.5. The van der Waals surface area contributed by atoms with Crippen LogP contribution in [0.25, 0.3) is 32.3 Å². The van der Waals surface area contributed by atoms with E-state index in [2.05, 4.69) is 0 Å². The highest BCUT2D eigenvalue weighted by atomic mass is 16.2. The summed E-state index contributed by atoms with van der Waals surface area (Å²) in [6.45, 7) is 0. The number of nitrogens with zero attached hydrogens (tertiary/aromatic N) is 2. The minimum atomic E-state index is -0.380. The molecular weight excluding hydrogens is 380 g/mol. The van der Waals surface area contributed by atoms with E-state index in [4.69, 9.17) is 0 Å². The summed E-state index contributed by atoms with van der Waals surface area (Å²) in [5.41, 5.74) is 1.02. The van der Waals surface area contributed by atoms with Gasteiger partial charge in [0.15, 0.2) is 0 Å². The zero-order chi connectivity index (χ0) is 20.6. The Hall–Kier alpha value is -4.32. The molecule has 0 aliphatic carbocycles. The van der Waals surface area contributed by atoms with Gasteiger partial charge in [-0.25, -0.2) is 9.80 Å². The monoisotopic (exact) mass is 392 g/mol. The summed E-state index contributed by atoms with van der Waals surface area (Å²) in [4.78, 5) is 51.4. The molecule has 6 rings (SSSR count). The van der Waals surface area contributed by atoms with Crippen molar-refractivity contribution in [2.75, 3.05) is 9.80 Å². The molecule has 6 nitrogen and oxygen atoms in total. The van der Waals surface area contributed by atoms with Crippen LogP contribution in [0.5, 0.6) is 0 Å². The SMILES string of the molecule is O=C1C=CC(=O)N1c1ccc2ccc3c(N4C(=O)C=CC4=O)ccc4ccc1c2c43. The second kappa shape index (κ2) is 5.61. The molecule has 4 aromatic rings. The third kappa shape index (κ3) is 2.02. The Bertz CT molecular complexity index is 1380. The number of amides is 4. The first-order chi connectivity index (χ1) is 14.5. The first-order valence-electron chi connectivity index (χ1n) is 9.37. The molecule has 0 bridgehead atoms. The molecule has 4 amide bonds. The first-order valence-corrected chi connectivity index (χ1v) is 9.37. The number of rotatable bonds is 2. The predicted molar refractivity (Wildman–Crippen MR) is 113 cm³/mol. The zero-order valence-corrected chi connectivity index (χ0v) is 15.5. The van der Waals surface area contributed by atoms with Gasteiger partial charge in [0.05, 0.1) is 11.4 Å². The summed E-state index contributed by atoms with van der Waals surface area (Å²) in [7, 11) is 0. The van der Waals surface area contributed by atoms with Crippen molar-refractivity contribution in [3.05, 3.63) is 72.8 Å². The Morgan fingerprint density at radius 2 is 0.767 bits per heavy atom. The summed E-state index contributed by atoms with van der Waals surface area (Å²) < 4.78 is 0. The molecule has 0 fully saturated rings. The second-order valence-electron chi connectivity index (χ2n) is 7.28. The summed E-state index contributed by atoms with van der Waals surface area (Å²) in [5.74, 6) is -1.52. The minimum absolute atomic E-state index is 0.380. The molecule has 2 aliphatic rings. The van der Waals surface area contributed by atoms with Crippen LogP contribution in [-0.4, -0.2) is 23.6 Å². The highest BCUT2D eigenvalue weighted by molar-refractivity contribution is 6.36. The van der Waals surface area contributed by atoms with Gasteiger partial charge < -0.3 is 0 Å². The van der Waals surface area contributed by atoms with E-state index >= 15 is 0 Å². The van der Waals surface area contributed by atoms with Crippen LogP contribution in [0.3, 0.4) is 0 Å². The van der Waals surface area contributed by atoms with E-state index in [-0.39, 0.29) is 23.6 Å². The topological polar surface area (TPSA) is 74.8 Å². The van der Waals surface area contributed by atoms with Crippen molar-refractivity contribution in [1.82, 2.24) is 0 Å². The van der Waals surface area contributed by atoms with Gasteiger partial charge >= 0.3 is 0 Å². The molecule has 2 aliphatic heterocycles. The lowest BCUT2D eigenvalue weighted by Crippen LogP contribution is -2.30. The van der Waals surface area contributed by atoms with E-state index in [0.717, 1.165) is 42.1 Å². The van der Waals surface area contributed by atoms with Gasteiger partial charge in [0, 0.05) is 35.1 Å². The Morgan fingerprint density at radius 3 is 1.13 bits per heavy atom. The van der Waals surface area contributed by atoms with Crippen LogP contribution < -0.4 is 9.80 Å². The van der Waals surface area contributed by atoms with Crippen LogP contribution in [0.2, 0.25) is 0 Å². The van der Waals surface area contributed by atoms with Crippen molar-refractivity contribution in [3.63, 3.8) is 0 Å². The summed E-state index contributed by atoms with van der Waals surface area (Å²) >= 11 is 0. The number of imide groups is 2. The number of carbonyl (C=O) groups excluding carboxylic acids is 4. The number of hydrogen-bond acceptors (Lipinski definition) is 4. The lowest BCUT2D eigenvalue weighted by molar-refractivity contribution is -0.121. The third-order valence-corrected chi connectivity index (χ3v) is 5.72. The molecule has 30 heavy (non-hydrogen) atoms. The molecule has 0 spiro atoms. The predicted octanol–water partition coefficient (Wildman–Crippen LogP) is 3.44. The maximum Gasteiger partial charge on any atom is 0.258 e. The van der Waals surface area contributed by atoms with E-state index in [1.54, 1.807) is 12.1 Å². The number of anilines is 2. The molecular formula is C24H12N2O4. The molecule has 0 saturated carbocycles. The Balaban J connectivity index is 1.70. The van der Waals surface area contributed by atoms with Crippen molar-refractivity contribution >= 4 is 67.3 Å². The van der Waals surface area contributed by atoms with Gasteiger partial charge in [-0.05, 0) is 33.7 Å². The lowest BCUT2D eigenvalue weighted by Gasteiger charge is -2.21. The molecule has 6 heteroatoms. The van der Waals surface area contributed by atoms with Crippen LogP contribution in [0.1, 0.15) is 0 Å². The molecule has 0 radical (unpaired) electrons. The van der Waals surface area contributed by atoms with Crippen molar-refractivity contribution in [2.45, 2.75) is 0 Å². The van der Waals surface area contributed by atoms with Crippen LogP contribution in [0.15, 0.2) is 72.8 Å². The Labute approximate surface area is 169 Å². The van der Waals surface area contributed by atoms with Crippen molar-refractivity contribution in [1.29, 1.82) is 0 Å². The Kier molecular flexibility index (Phi) is 3.11. The summed E-state index contributed by atoms with van der Waals surface area (Å²) in [6.07, 6.45) is 5.04. The highest BCUT2D eigenvalue weighted by Gasteiger charge is 2.29. The molecule has 0 saturated heterocycles. The van der Waals surface area contributed by atoms with Gasteiger partial charge in [-0.3, -0.25) is 19.2 Å². The molecule has 2 heterocycles. The van der Waals surface area contributed by atoms with Crippen LogP contribution in [0, 0.1) is 0 Å². The van der Waals surface area contributed by atoms with E-state index in [1.165, 1.54) is 24.3 Å². The quantitative estimate of drug-likeness (QED) is 0.387. The van der Waals surface area contributed by atoms with Gasteiger partial charge in [0.1, 0.15) is 0 Å². The molecule has 0 atom stereocenters. The van der Waals surface area contributed by atoms with Gasteiger partial charge in [0.2, 0.25) is 0 Å². The van der Waals surface area contributed by atoms with Crippen LogP contribution in [-0.2, 0) is 19.2 Å². The molecule has 0 aromatic heterocycles. The molecule has 0 N–H and O–H groups in total. The van der Waals surface area contributed by atoms with Gasteiger partial charge in [0.25, 0.3) is 23.6 Å². The lowest BCUT2D eigenvalue weighted by atomic mass is 9.92. The third-order valence-electron chi connectivity index (χ3n) is 5.72. The fourth-order valence-electron chi connectivity index (χ4n) is 4.44. The average Bonchev–Trinajstić information content (AvgIpc) is 3.26. The van der Waals surface area contributed by atoms with Gasteiger partial charge in [-0.1, -0.05) is 36.4 Å². The van der Waals surface area contributed by atoms with Crippen LogP contribution in [0.4, 0.5) is 11.4 Å². The molecule has 0 unspecified atom stereocenters. The van der Waals surface area contributed by atoms with E-state index in [1.807, 2.05) is 36.4 Å². The second-order valence-corrected chi connectivity index (χ2v) is 7.28. The Morgan fingerprint density at radius 1 is 0.433 bits per heavy atom. The van der Waals surface area contributed by atoms with Gasteiger partial charge in [-0.2, -0.15) is 0 Å². The normalized spacial score (nSPS) is 16.5. The van der Waals surface area contributed by atoms with Crippen LogP contribution >= 0.6 is 0 Å².